The van der Waals surface area contributed by atoms with E-state index in [-0.39, 0.29) is 5.41 Å². The fourth-order valence-electron chi connectivity index (χ4n) is 3.83. The number of fused-ring (bicyclic) bond motifs is 5. The van der Waals surface area contributed by atoms with Crippen LogP contribution in [-0.4, -0.2) is 18.0 Å². The van der Waals surface area contributed by atoms with Crippen LogP contribution in [0.25, 0.3) is 0 Å². The van der Waals surface area contributed by atoms with Crippen molar-refractivity contribution in [2.45, 2.75) is 32.5 Å². The minimum Gasteiger partial charge on any atom is -0.367 e. The van der Waals surface area contributed by atoms with Crippen LogP contribution in [0.3, 0.4) is 0 Å². The lowest BCUT2D eigenvalue weighted by Crippen LogP contribution is -2.38. The molecule has 0 aromatic carbocycles. The molecule has 3 fully saturated rings. The molecule has 2 heteroatoms. The molecule has 68 valence electrons. The summed E-state index contributed by atoms with van der Waals surface area (Å²) in [4.78, 5) is 0. The third kappa shape index (κ3) is 0.612. The van der Waals surface area contributed by atoms with Gasteiger partial charge in [0.15, 0.2) is 6.29 Å². The lowest BCUT2D eigenvalue weighted by Gasteiger charge is -2.36. The number of hydrogen-bond acceptors (Lipinski definition) is 2. The SMILES string of the molecule is C[C@@]12C(O)OCC1C1CC[C@@H]2C1. The first-order valence-corrected chi connectivity index (χ1v) is 5.02. The van der Waals surface area contributed by atoms with Crippen molar-refractivity contribution in [1.82, 2.24) is 0 Å². The van der Waals surface area contributed by atoms with Gasteiger partial charge in [-0.1, -0.05) is 6.92 Å². The van der Waals surface area contributed by atoms with Crippen LogP contribution in [0, 0.1) is 23.2 Å². The summed E-state index contributed by atoms with van der Waals surface area (Å²) in [7, 11) is 0. The van der Waals surface area contributed by atoms with Crippen LogP contribution in [0.5, 0.6) is 0 Å². The average molecular weight is 168 g/mol. The van der Waals surface area contributed by atoms with Gasteiger partial charge in [0.2, 0.25) is 0 Å². The standard InChI is InChI=1S/C10H16O2/c1-10-7-3-2-6(4-7)8(10)5-12-9(10)11/h6-9,11H,2-5H2,1H3/t6?,7-,8?,9?,10+/m1/s1. The zero-order valence-corrected chi connectivity index (χ0v) is 7.49. The molecule has 12 heavy (non-hydrogen) atoms. The van der Waals surface area contributed by atoms with Crippen molar-refractivity contribution >= 4 is 0 Å². The third-order valence-corrected chi connectivity index (χ3v) is 4.69. The molecule has 2 aliphatic carbocycles. The molecule has 2 bridgehead atoms. The molecule has 1 N–H and O–H groups in total. The van der Waals surface area contributed by atoms with Gasteiger partial charge in [0.25, 0.3) is 0 Å². The fraction of sp³-hybridized carbons (Fsp3) is 1.00. The van der Waals surface area contributed by atoms with Crippen molar-refractivity contribution in [1.29, 1.82) is 0 Å². The fourth-order valence-corrected chi connectivity index (χ4v) is 3.83. The van der Waals surface area contributed by atoms with Crippen LogP contribution in [0.4, 0.5) is 0 Å². The van der Waals surface area contributed by atoms with E-state index in [9.17, 15) is 5.11 Å². The van der Waals surface area contributed by atoms with Gasteiger partial charge >= 0.3 is 0 Å². The third-order valence-electron chi connectivity index (χ3n) is 4.69. The summed E-state index contributed by atoms with van der Waals surface area (Å²) in [5, 5.41) is 9.76. The maximum absolute atomic E-state index is 9.76. The summed E-state index contributed by atoms with van der Waals surface area (Å²) in [6.45, 7) is 3.03. The molecule has 0 spiro atoms. The van der Waals surface area contributed by atoms with Crippen LogP contribution >= 0.6 is 0 Å². The second-order valence-corrected chi connectivity index (χ2v) is 4.93. The Morgan fingerprint density at radius 3 is 3.00 bits per heavy atom. The first-order valence-electron chi connectivity index (χ1n) is 5.02. The number of rotatable bonds is 0. The Bertz CT molecular complexity index is 216. The smallest absolute Gasteiger partial charge is 0.160 e. The predicted molar refractivity (Wildman–Crippen MR) is 44.4 cm³/mol. The summed E-state index contributed by atoms with van der Waals surface area (Å²) < 4.78 is 5.36. The molecule has 0 radical (unpaired) electrons. The zero-order valence-electron chi connectivity index (χ0n) is 7.49. The normalized spacial score (nSPS) is 62.5. The highest BCUT2D eigenvalue weighted by atomic mass is 16.6. The average Bonchev–Trinajstić information content (AvgIpc) is 2.65. The van der Waals surface area contributed by atoms with Crippen molar-refractivity contribution in [3.63, 3.8) is 0 Å². The Labute approximate surface area is 72.9 Å². The second kappa shape index (κ2) is 2.05. The largest absolute Gasteiger partial charge is 0.367 e. The maximum atomic E-state index is 9.76. The van der Waals surface area contributed by atoms with Crippen molar-refractivity contribution in [2.24, 2.45) is 23.2 Å². The van der Waals surface area contributed by atoms with E-state index in [2.05, 4.69) is 6.92 Å². The summed E-state index contributed by atoms with van der Waals surface area (Å²) in [5.41, 5.74) is 0.114. The van der Waals surface area contributed by atoms with E-state index in [0.29, 0.717) is 5.92 Å². The highest BCUT2D eigenvalue weighted by Crippen LogP contribution is 2.63. The van der Waals surface area contributed by atoms with Crippen LogP contribution in [0.2, 0.25) is 0 Å². The van der Waals surface area contributed by atoms with Crippen LogP contribution in [0.1, 0.15) is 26.2 Å². The van der Waals surface area contributed by atoms with Crippen LogP contribution in [0.15, 0.2) is 0 Å². The van der Waals surface area contributed by atoms with Crippen molar-refractivity contribution in [3.05, 3.63) is 0 Å². The Balaban J connectivity index is 2.01. The lowest BCUT2D eigenvalue weighted by molar-refractivity contribution is -0.129. The maximum Gasteiger partial charge on any atom is 0.160 e. The van der Waals surface area contributed by atoms with Gasteiger partial charge in [-0.3, -0.25) is 0 Å². The zero-order chi connectivity index (χ0) is 8.34. The monoisotopic (exact) mass is 168 g/mol. The van der Waals surface area contributed by atoms with E-state index >= 15 is 0 Å². The molecule has 3 rings (SSSR count). The van der Waals surface area contributed by atoms with Gasteiger partial charge in [-0.15, -0.1) is 0 Å². The molecule has 1 heterocycles. The summed E-state index contributed by atoms with van der Waals surface area (Å²) in [6, 6.07) is 0. The number of ether oxygens (including phenoxy) is 1. The minimum absolute atomic E-state index is 0.114. The number of hydrogen-bond donors (Lipinski definition) is 1. The highest BCUT2D eigenvalue weighted by Gasteiger charge is 2.62. The molecule has 1 saturated heterocycles. The number of aliphatic hydroxyl groups excluding tert-OH is 1. The van der Waals surface area contributed by atoms with Gasteiger partial charge in [-0.05, 0) is 37.0 Å². The van der Waals surface area contributed by atoms with E-state index in [4.69, 9.17) is 4.74 Å². The molecular weight excluding hydrogens is 152 g/mol. The van der Waals surface area contributed by atoms with Gasteiger partial charge in [0.1, 0.15) is 0 Å². The van der Waals surface area contributed by atoms with Gasteiger partial charge in [0, 0.05) is 5.41 Å². The Hall–Kier alpha value is -0.0800. The topological polar surface area (TPSA) is 29.5 Å². The number of aliphatic hydroxyl groups is 1. The van der Waals surface area contributed by atoms with Crippen LogP contribution < -0.4 is 0 Å². The molecule has 2 saturated carbocycles. The molecule has 2 nitrogen and oxygen atoms in total. The Morgan fingerprint density at radius 1 is 1.42 bits per heavy atom. The molecule has 5 atom stereocenters. The quantitative estimate of drug-likeness (QED) is 0.592. The van der Waals surface area contributed by atoms with Gasteiger partial charge < -0.3 is 9.84 Å². The van der Waals surface area contributed by atoms with Crippen LogP contribution in [-0.2, 0) is 4.74 Å². The van der Waals surface area contributed by atoms with E-state index in [1.54, 1.807) is 0 Å². The molecule has 1 aliphatic heterocycles. The Morgan fingerprint density at radius 2 is 2.25 bits per heavy atom. The highest BCUT2D eigenvalue weighted by molar-refractivity contribution is 5.07. The van der Waals surface area contributed by atoms with E-state index in [1.165, 1.54) is 19.3 Å². The molecule has 3 unspecified atom stereocenters. The van der Waals surface area contributed by atoms with Gasteiger partial charge in [-0.2, -0.15) is 0 Å². The summed E-state index contributed by atoms with van der Waals surface area (Å²) in [6.07, 6.45) is 3.57. The Kier molecular flexibility index (Phi) is 1.25. The molecule has 0 amide bonds. The van der Waals surface area contributed by atoms with Gasteiger partial charge in [-0.25, -0.2) is 0 Å². The van der Waals surface area contributed by atoms with E-state index in [1.807, 2.05) is 0 Å². The minimum atomic E-state index is -0.474. The second-order valence-electron chi connectivity index (χ2n) is 4.93. The first kappa shape index (κ1) is 7.34. The van der Waals surface area contributed by atoms with E-state index in [0.717, 1.165) is 18.4 Å². The van der Waals surface area contributed by atoms with Crippen molar-refractivity contribution in [3.8, 4) is 0 Å². The molecule has 0 aromatic heterocycles. The van der Waals surface area contributed by atoms with Gasteiger partial charge in [0.05, 0.1) is 6.61 Å². The predicted octanol–water partition coefficient (Wildman–Crippen LogP) is 1.39. The molecular formula is C10H16O2. The summed E-state index contributed by atoms with van der Waals surface area (Å²) >= 11 is 0. The van der Waals surface area contributed by atoms with Crippen molar-refractivity contribution < 1.29 is 9.84 Å². The molecule has 0 aromatic rings. The lowest BCUT2D eigenvalue weighted by atomic mass is 9.69. The van der Waals surface area contributed by atoms with Crippen molar-refractivity contribution in [2.75, 3.05) is 6.61 Å². The van der Waals surface area contributed by atoms with E-state index < -0.39 is 6.29 Å². The first-order chi connectivity index (χ1) is 5.73. The summed E-state index contributed by atoms with van der Waals surface area (Å²) in [5.74, 6) is 2.26. The molecule has 3 aliphatic rings.